The first kappa shape index (κ1) is 20.5. The number of aryl methyl sites for hydroxylation is 1. The molecule has 0 spiro atoms. The molecule has 31 heavy (non-hydrogen) atoms. The minimum atomic E-state index is -3.45. The number of rotatable bonds is 4. The molecule has 0 aromatic heterocycles. The number of para-hydroxylation sites is 1. The lowest BCUT2D eigenvalue weighted by atomic mass is 10.0. The molecule has 6 nitrogen and oxygen atoms in total. The Hall–Kier alpha value is -2.38. The molecule has 3 aliphatic heterocycles. The van der Waals surface area contributed by atoms with Crippen molar-refractivity contribution in [3.05, 3.63) is 53.6 Å². The SMILES string of the molecule is C[C@@H]1Cc2ccccc2N1CC(=O)N1CCCc2cc(S(=O)(=O)N3CCCC3)ccc21. The van der Waals surface area contributed by atoms with E-state index in [4.69, 9.17) is 0 Å². The Morgan fingerprint density at radius 2 is 1.74 bits per heavy atom. The van der Waals surface area contributed by atoms with Crippen molar-refractivity contribution in [1.29, 1.82) is 0 Å². The summed E-state index contributed by atoms with van der Waals surface area (Å²) in [4.78, 5) is 17.7. The van der Waals surface area contributed by atoms with Crippen molar-refractivity contribution in [1.82, 2.24) is 4.31 Å². The van der Waals surface area contributed by atoms with E-state index in [1.807, 2.05) is 23.1 Å². The van der Waals surface area contributed by atoms with Crippen LogP contribution in [-0.4, -0.2) is 50.9 Å². The highest BCUT2D eigenvalue weighted by Gasteiger charge is 2.32. The van der Waals surface area contributed by atoms with Crippen molar-refractivity contribution in [2.24, 2.45) is 0 Å². The van der Waals surface area contributed by atoms with Crippen molar-refractivity contribution in [2.75, 3.05) is 36.0 Å². The van der Waals surface area contributed by atoms with Crippen molar-refractivity contribution >= 4 is 27.3 Å². The second kappa shape index (κ2) is 7.95. The fourth-order valence-corrected chi connectivity index (χ4v) is 6.74. The Kier molecular flexibility index (Phi) is 5.26. The Bertz CT molecular complexity index is 1110. The number of hydrogen-bond acceptors (Lipinski definition) is 4. The van der Waals surface area contributed by atoms with E-state index in [0.29, 0.717) is 37.1 Å². The van der Waals surface area contributed by atoms with Gasteiger partial charge in [-0.3, -0.25) is 4.79 Å². The number of fused-ring (bicyclic) bond motifs is 2. The zero-order chi connectivity index (χ0) is 21.6. The third-order valence-corrected chi connectivity index (χ3v) is 8.72. The lowest BCUT2D eigenvalue weighted by Crippen LogP contribution is -2.44. The molecule has 164 valence electrons. The van der Waals surface area contributed by atoms with Gasteiger partial charge in [-0.05, 0) is 74.4 Å². The molecular weight excluding hydrogens is 410 g/mol. The lowest BCUT2D eigenvalue weighted by Gasteiger charge is -2.33. The maximum atomic E-state index is 13.3. The highest BCUT2D eigenvalue weighted by molar-refractivity contribution is 7.89. The van der Waals surface area contributed by atoms with E-state index in [2.05, 4.69) is 24.0 Å². The van der Waals surface area contributed by atoms with Crippen LogP contribution in [0.15, 0.2) is 47.4 Å². The Morgan fingerprint density at radius 3 is 2.55 bits per heavy atom. The summed E-state index contributed by atoms with van der Waals surface area (Å²) in [6, 6.07) is 13.9. The predicted molar refractivity (Wildman–Crippen MR) is 122 cm³/mol. The number of carbonyl (C=O) groups is 1. The van der Waals surface area contributed by atoms with Gasteiger partial charge in [-0.1, -0.05) is 18.2 Å². The highest BCUT2D eigenvalue weighted by atomic mass is 32.2. The van der Waals surface area contributed by atoms with Gasteiger partial charge >= 0.3 is 0 Å². The molecule has 1 fully saturated rings. The molecule has 2 aromatic carbocycles. The molecule has 5 rings (SSSR count). The Morgan fingerprint density at radius 1 is 0.968 bits per heavy atom. The van der Waals surface area contributed by atoms with Crippen molar-refractivity contribution in [2.45, 2.75) is 50.0 Å². The zero-order valence-electron chi connectivity index (χ0n) is 18.0. The highest BCUT2D eigenvalue weighted by Crippen LogP contribution is 2.34. The van der Waals surface area contributed by atoms with E-state index in [9.17, 15) is 13.2 Å². The molecule has 1 amide bonds. The number of hydrogen-bond donors (Lipinski definition) is 0. The molecule has 7 heteroatoms. The summed E-state index contributed by atoms with van der Waals surface area (Å²) in [7, 11) is -3.45. The molecule has 0 saturated carbocycles. The van der Waals surface area contributed by atoms with Gasteiger partial charge in [0.25, 0.3) is 0 Å². The van der Waals surface area contributed by atoms with E-state index in [0.717, 1.165) is 49.0 Å². The van der Waals surface area contributed by atoms with Crippen LogP contribution < -0.4 is 9.80 Å². The summed E-state index contributed by atoms with van der Waals surface area (Å²) >= 11 is 0. The Labute approximate surface area is 184 Å². The topological polar surface area (TPSA) is 60.9 Å². The summed E-state index contributed by atoms with van der Waals surface area (Å²) in [6.07, 6.45) is 4.44. The maximum absolute atomic E-state index is 13.3. The fraction of sp³-hybridized carbons (Fsp3) is 0.458. The molecule has 2 aromatic rings. The summed E-state index contributed by atoms with van der Waals surface area (Å²) in [5.41, 5.74) is 4.25. The van der Waals surface area contributed by atoms with Crippen LogP contribution in [0.5, 0.6) is 0 Å². The van der Waals surface area contributed by atoms with Crippen LogP contribution >= 0.6 is 0 Å². The van der Waals surface area contributed by atoms with Gasteiger partial charge in [0, 0.05) is 37.1 Å². The van der Waals surface area contributed by atoms with E-state index in [1.54, 1.807) is 16.4 Å². The Balaban J connectivity index is 1.39. The predicted octanol–water partition coefficient (Wildman–Crippen LogP) is 3.20. The summed E-state index contributed by atoms with van der Waals surface area (Å²) in [5, 5.41) is 0. The molecular formula is C24H29N3O3S. The molecule has 0 N–H and O–H groups in total. The average molecular weight is 440 g/mol. The van der Waals surface area contributed by atoms with Gasteiger partial charge in [0.05, 0.1) is 11.4 Å². The number of amides is 1. The summed E-state index contributed by atoms with van der Waals surface area (Å²) in [6.45, 7) is 4.37. The third-order valence-electron chi connectivity index (χ3n) is 6.83. The van der Waals surface area contributed by atoms with Crippen LogP contribution in [0.1, 0.15) is 37.3 Å². The number of carbonyl (C=O) groups excluding carboxylic acids is 1. The third kappa shape index (κ3) is 3.64. The lowest BCUT2D eigenvalue weighted by molar-refractivity contribution is -0.117. The van der Waals surface area contributed by atoms with E-state index in [-0.39, 0.29) is 5.91 Å². The van der Waals surface area contributed by atoms with E-state index >= 15 is 0 Å². The largest absolute Gasteiger partial charge is 0.359 e. The van der Waals surface area contributed by atoms with E-state index in [1.165, 1.54) is 5.56 Å². The van der Waals surface area contributed by atoms with Gasteiger partial charge in [0.2, 0.25) is 15.9 Å². The van der Waals surface area contributed by atoms with E-state index < -0.39 is 10.0 Å². The number of anilines is 2. The first-order chi connectivity index (χ1) is 14.9. The van der Waals surface area contributed by atoms with Crippen LogP contribution in [0.2, 0.25) is 0 Å². The smallest absolute Gasteiger partial charge is 0.246 e. The molecule has 1 atom stereocenters. The minimum Gasteiger partial charge on any atom is -0.359 e. The maximum Gasteiger partial charge on any atom is 0.246 e. The monoisotopic (exact) mass is 439 g/mol. The number of sulfonamides is 1. The molecule has 3 aliphatic rings. The molecule has 0 unspecified atom stereocenters. The van der Waals surface area contributed by atoms with Crippen molar-refractivity contribution < 1.29 is 13.2 Å². The number of nitrogens with zero attached hydrogens (tertiary/aromatic N) is 3. The summed E-state index contributed by atoms with van der Waals surface area (Å²) < 4.78 is 27.5. The molecule has 0 bridgehead atoms. The van der Waals surface area contributed by atoms with Crippen molar-refractivity contribution in [3.8, 4) is 0 Å². The minimum absolute atomic E-state index is 0.0691. The van der Waals surface area contributed by atoms with Crippen LogP contribution in [0, 0.1) is 0 Å². The zero-order valence-corrected chi connectivity index (χ0v) is 18.8. The standard InChI is InChI=1S/C24H29N3O3S/c1-18-15-19-7-2-3-9-22(19)27(18)17-24(28)26-14-6-8-20-16-21(10-11-23(20)26)31(29,30)25-12-4-5-13-25/h2-3,7,9-11,16,18H,4-6,8,12-15,17H2,1H3/t18-/m1/s1. The van der Waals surface area contributed by atoms with Gasteiger partial charge in [0.1, 0.15) is 0 Å². The van der Waals surface area contributed by atoms with Gasteiger partial charge in [-0.15, -0.1) is 0 Å². The second-order valence-electron chi connectivity index (χ2n) is 8.86. The van der Waals surface area contributed by atoms with Gasteiger partial charge in [-0.2, -0.15) is 4.31 Å². The van der Waals surface area contributed by atoms with Gasteiger partial charge in [0.15, 0.2) is 0 Å². The molecule has 1 saturated heterocycles. The van der Waals surface area contributed by atoms with Gasteiger partial charge in [-0.25, -0.2) is 8.42 Å². The van der Waals surface area contributed by atoms with Gasteiger partial charge < -0.3 is 9.80 Å². The summed E-state index contributed by atoms with van der Waals surface area (Å²) in [5.74, 6) is 0.0691. The van der Waals surface area contributed by atoms with Crippen LogP contribution in [-0.2, 0) is 27.7 Å². The van der Waals surface area contributed by atoms with Crippen LogP contribution in [0.25, 0.3) is 0 Å². The second-order valence-corrected chi connectivity index (χ2v) is 10.8. The first-order valence-corrected chi connectivity index (χ1v) is 12.7. The average Bonchev–Trinajstić information content (AvgIpc) is 3.42. The quantitative estimate of drug-likeness (QED) is 0.734. The normalized spacial score (nSPS) is 21.3. The molecule has 0 aliphatic carbocycles. The van der Waals surface area contributed by atoms with Crippen LogP contribution in [0.4, 0.5) is 11.4 Å². The first-order valence-electron chi connectivity index (χ1n) is 11.2. The fourth-order valence-electron chi connectivity index (χ4n) is 5.17. The molecule has 0 radical (unpaired) electrons. The van der Waals surface area contributed by atoms with Crippen molar-refractivity contribution in [3.63, 3.8) is 0 Å². The van der Waals surface area contributed by atoms with Crippen LogP contribution in [0.3, 0.4) is 0 Å². The number of benzene rings is 2. The molecule has 3 heterocycles.